The molecule has 0 aliphatic rings. The topological polar surface area (TPSA) is 84.9 Å². The maximum Gasteiger partial charge on any atom is 0.337 e. The van der Waals surface area contributed by atoms with E-state index >= 15 is 0 Å². The molecule has 0 aromatic heterocycles. The van der Waals surface area contributed by atoms with Crippen LogP contribution in [0.15, 0.2) is 48.5 Å². The average molecular weight is 370 g/mol. The molecule has 0 unspecified atom stereocenters. The predicted octanol–water partition coefficient (Wildman–Crippen LogP) is 2.47. The highest BCUT2D eigenvalue weighted by Crippen LogP contribution is 2.19. The molecule has 0 aliphatic carbocycles. The zero-order valence-electron chi connectivity index (χ0n) is 15.5. The van der Waals surface area contributed by atoms with E-state index in [0.717, 1.165) is 5.56 Å². The summed E-state index contributed by atoms with van der Waals surface area (Å²) in [6.45, 7) is 1.56. The fraction of sp³-hybridized carbons (Fsp3) is 0.250. The molecule has 142 valence electrons. The minimum absolute atomic E-state index is 0.105. The lowest BCUT2D eigenvalue weighted by atomic mass is 10.2. The van der Waals surface area contributed by atoms with Crippen molar-refractivity contribution in [1.82, 2.24) is 4.90 Å². The van der Waals surface area contributed by atoms with E-state index in [1.807, 2.05) is 18.2 Å². The zero-order valence-corrected chi connectivity index (χ0v) is 15.5. The summed E-state index contributed by atoms with van der Waals surface area (Å²) < 4.78 is 9.92. The number of esters is 1. The van der Waals surface area contributed by atoms with Gasteiger partial charge >= 0.3 is 5.97 Å². The van der Waals surface area contributed by atoms with Crippen molar-refractivity contribution in [3.05, 3.63) is 59.7 Å². The van der Waals surface area contributed by atoms with Crippen LogP contribution < -0.4 is 10.1 Å². The third kappa shape index (κ3) is 5.57. The number of methoxy groups -OCH3 is 2. The van der Waals surface area contributed by atoms with Crippen LogP contribution in [-0.4, -0.2) is 43.4 Å². The van der Waals surface area contributed by atoms with Gasteiger partial charge in [-0.25, -0.2) is 4.79 Å². The number of para-hydroxylation sites is 1. The molecule has 0 atom stereocenters. The Morgan fingerprint density at radius 3 is 2.26 bits per heavy atom. The van der Waals surface area contributed by atoms with Gasteiger partial charge in [0.05, 0.1) is 19.8 Å². The smallest absolute Gasteiger partial charge is 0.337 e. The van der Waals surface area contributed by atoms with Crippen LogP contribution in [0.5, 0.6) is 5.75 Å². The molecule has 0 bridgehead atoms. The van der Waals surface area contributed by atoms with E-state index in [4.69, 9.17) is 4.74 Å². The Hall–Kier alpha value is -3.35. The first-order valence-corrected chi connectivity index (χ1v) is 8.30. The first kappa shape index (κ1) is 20.0. The van der Waals surface area contributed by atoms with Crippen molar-refractivity contribution in [1.29, 1.82) is 0 Å². The average Bonchev–Trinajstić information content (AvgIpc) is 2.67. The molecule has 0 heterocycles. The summed E-state index contributed by atoms with van der Waals surface area (Å²) in [5.41, 5.74) is 1.72. The van der Waals surface area contributed by atoms with Crippen molar-refractivity contribution in [3.8, 4) is 5.75 Å². The fourth-order valence-electron chi connectivity index (χ4n) is 2.50. The van der Waals surface area contributed by atoms with Gasteiger partial charge in [0.2, 0.25) is 11.8 Å². The number of nitrogens with one attached hydrogen (secondary N) is 1. The number of benzene rings is 2. The molecule has 0 saturated carbocycles. The number of hydrogen-bond acceptors (Lipinski definition) is 5. The van der Waals surface area contributed by atoms with Crippen LogP contribution in [0.25, 0.3) is 0 Å². The third-order valence-electron chi connectivity index (χ3n) is 3.92. The van der Waals surface area contributed by atoms with Gasteiger partial charge in [0.15, 0.2) is 0 Å². The Kier molecular flexibility index (Phi) is 6.93. The number of nitrogens with zero attached hydrogens (tertiary/aromatic N) is 1. The summed E-state index contributed by atoms with van der Waals surface area (Å²) in [6.07, 6.45) is 0. The lowest BCUT2D eigenvalue weighted by molar-refractivity contribution is -0.133. The van der Waals surface area contributed by atoms with E-state index in [1.54, 1.807) is 37.4 Å². The summed E-state index contributed by atoms with van der Waals surface area (Å²) in [6, 6.07) is 13.6. The van der Waals surface area contributed by atoms with Crippen molar-refractivity contribution >= 4 is 23.5 Å². The van der Waals surface area contributed by atoms with Gasteiger partial charge in [0.1, 0.15) is 12.3 Å². The Balaban J connectivity index is 2.02. The quantitative estimate of drug-likeness (QED) is 0.757. The first-order valence-electron chi connectivity index (χ1n) is 8.30. The Morgan fingerprint density at radius 2 is 1.67 bits per heavy atom. The summed E-state index contributed by atoms with van der Waals surface area (Å²) in [5.74, 6) is -0.363. The van der Waals surface area contributed by atoms with Crippen LogP contribution in [0.2, 0.25) is 0 Å². The van der Waals surface area contributed by atoms with Crippen molar-refractivity contribution in [2.45, 2.75) is 13.5 Å². The van der Waals surface area contributed by atoms with E-state index in [0.29, 0.717) is 17.0 Å². The molecule has 7 heteroatoms. The van der Waals surface area contributed by atoms with Gasteiger partial charge in [-0.2, -0.15) is 0 Å². The lowest BCUT2D eigenvalue weighted by Crippen LogP contribution is -2.36. The molecule has 0 radical (unpaired) electrons. The van der Waals surface area contributed by atoms with E-state index in [2.05, 4.69) is 10.1 Å². The summed E-state index contributed by atoms with van der Waals surface area (Å²) in [4.78, 5) is 37.1. The minimum Gasteiger partial charge on any atom is -0.496 e. The van der Waals surface area contributed by atoms with E-state index in [-0.39, 0.29) is 24.9 Å². The van der Waals surface area contributed by atoms with Crippen LogP contribution in [0.4, 0.5) is 5.69 Å². The molecule has 2 aromatic rings. The van der Waals surface area contributed by atoms with E-state index in [1.165, 1.54) is 18.9 Å². The van der Waals surface area contributed by atoms with E-state index in [9.17, 15) is 14.4 Å². The monoisotopic (exact) mass is 370 g/mol. The van der Waals surface area contributed by atoms with Crippen LogP contribution in [-0.2, 0) is 20.9 Å². The number of carbonyl (C=O) groups is 3. The number of anilines is 1. The molecule has 1 N–H and O–H groups in total. The molecule has 7 nitrogen and oxygen atoms in total. The van der Waals surface area contributed by atoms with Crippen molar-refractivity contribution < 1.29 is 23.9 Å². The van der Waals surface area contributed by atoms with Gasteiger partial charge in [0.25, 0.3) is 0 Å². The number of ether oxygens (including phenoxy) is 2. The minimum atomic E-state index is -0.451. The van der Waals surface area contributed by atoms with Gasteiger partial charge in [-0.15, -0.1) is 0 Å². The van der Waals surface area contributed by atoms with E-state index < -0.39 is 5.97 Å². The second-order valence-electron chi connectivity index (χ2n) is 5.80. The molecule has 2 rings (SSSR count). The highest BCUT2D eigenvalue weighted by Gasteiger charge is 2.16. The van der Waals surface area contributed by atoms with Crippen molar-refractivity contribution in [3.63, 3.8) is 0 Å². The third-order valence-corrected chi connectivity index (χ3v) is 3.92. The first-order chi connectivity index (χ1) is 12.9. The van der Waals surface area contributed by atoms with Crippen LogP contribution in [0, 0.1) is 0 Å². The van der Waals surface area contributed by atoms with Gasteiger partial charge in [0, 0.05) is 24.7 Å². The second kappa shape index (κ2) is 9.38. The van der Waals surface area contributed by atoms with Crippen molar-refractivity contribution in [2.24, 2.45) is 0 Å². The Morgan fingerprint density at radius 1 is 1.00 bits per heavy atom. The van der Waals surface area contributed by atoms with Gasteiger partial charge in [-0.1, -0.05) is 18.2 Å². The number of rotatable bonds is 7. The maximum atomic E-state index is 12.3. The molecule has 0 aliphatic heterocycles. The summed E-state index contributed by atoms with van der Waals surface area (Å²) in [7, 11) is 2.86. The molecule has 0 spiro atoms. The normalized spacial score (nSPS) is 10.0. The Labute approximate surface area is 157 Å². The number of carbonyl (C=O) groups excluding carboxylic acids is 3. The largest absolute Gasteiger partial charge is 0.496 e. The molecule has 0 saturated heterocycles. The van der Waals surface area contributed by atoms with Crippen LogP contribution in [0.1, 0.15) is 22.8 Å². The van der Waals surface area contributed by atoms with Crippen LogP contribution in [0.3, 0.4) is 0 Å². The predicted molar refractivity (Wildman–Crippen MR) is 100 cm³/mol. The Bertz CT molecular complexity index is 817. The molecule has 2 aromatic carbocycles. The zero-order chi connectivity index (χ0) is 19.8. The molecule has 0 fully saturated rings. The molecule has 2 amide bonds. The highest BCUT2D eigenvalue weighted by atomic mass is 16.5. The summed E-state index contributed by atoms with van der Waals surface area (Å²) >= 11 is 0. The summed E-state index contributed by atoms with van der Waals surface area (Å²) in [5, 5.41) is 2.71. The lowest BCUT2D eigenvalue weighted by Gasteiger charge is -2.21. The number of amides is 2. The van der Waals surface area contributed by atoms with Crippen LogP contribution >= 0.6 is 0 Å². The van der Waals surface area contributed by atoms with Gasteiger partial charge in [-0.3, -0.25) is 9.59 Å². The maximum absolute atomic E-state index is 12.3. The van der Waals surface area contributed by atoms with Gasteiger partial charge in [-0.05, 0) is 30.3 Å². The van der Waals surface area contributed by atoms with Gasteiger partial charge < -0.3 is 19.7 Å². The number of hydrogen-bond donors (Lipinski definition) is 1. The standard InChI is InChI=1S/C20H22N2O5/c1-14(23)22(12-16-6-4-5-7-18(16)26-2)13-19(24)21-17-10-8-15(9-11-17)20(25)27-3/h4-11H,12-13H2,1-3H3,(H,21,24). The second-order valence-corrected chi connectivity index (χ2v) is 5.80. The van der Waals surface area contributed by atoms with Crippen molar-refractivity contribution in [2.75, 3.05) is 26.1 Å². The highest BCUT2D eigenvalue weighted by molar-refractivity contribution is 5.95. The fourth-order valence-corrected chi connectivity index (χ4v) is 2.50. The SMILES string of the molecule is COC(=O)c1ccc(NC(=O)CN(Cc2ccccc2OC)C(C)=O)cc1. The molecular weight excluding hydrogens is 348 g/mol. The molecular formula is C20H22N2O5. The molecule has 27 heavy (non-hydrogen) atoms.